The second-order valence-electron chi connectivity index (χ2n) is 6.23. The van der Waals surface area contributed by atoms with Gasteiger partial charge in [0.15, 0.2) is 11.5 Å². The van der Waals surface area contributed by atoms with Crippen molar-refractivity contribution in [1.29, 1.82) is 0 Å². The zero-order valence-electron chi connectivity index (χ0n) is 15.6. The van der Waals surface area contributed by atoms with E-state index in [0.29, 0.717) is 22.7 Å². The minimum atomic E-state index is -0.506. The van der Waals surface area contributed by atoms with Gasteiger partial charge >= 0.3 is 0 Å². The number of hydrogen-bond donors (Lipinski definition) is 3. The minimum absolute atomic E-state index is 0.0566. The molecular weight excluding hydrogens is 364 g/mol. The predicted molar refractivity (Wildman–Crippen MR) is 102 cm³/mol. The molecule has 3 N–H and O–H groups in total. The highest BCUT2D eigenvalue weighted by molar-refractivity contribution is 6.04. The van der Waals surface area contributed by atoms with Crippen molar-refractivity contribution in [3.63, 3.8) is 0 Å². The molecule has 1 aliphatic heterocycles. The van der Waals surface area contributed by atoms with E-state index in [1.54, 1.807) is 42.5 Å². The van der Waals surface area contributed by atoms with Gasteiger partial charge in [0, 0.05) is 11.3 Å². The van der Waals surface area contributed by atoms with Crippen LogP contribution in [0.2, 0.25) is 0 Å². The Morgan fingerprint density at radius 3 is 2.54 bits per heavy atom. The fourth-order valence-electron chi connectivity index (χ4n) is 3.01. The van der Waals surface area contributed by atoms with Gasteiger partial charge in [-0.15, -0.1) is 0 Å². The van der Waals surface area contributed by atoms with Crippen molar-refractivity contribution in [3.05, 3.63) is 53.6 Å². The Labute approximate surface area is 162 Å². The lowest BCUT2D eigenvalue weighted by Crippen LogP contribution is -2.49. The number of amides is 2. The van der Waals surface area contributed by atoms with Crippen LogP contribution in [0.4, 0.5) is 5.69 Å². The quantitative estimate of drug-likeness (QED) is 0.695. The van der Waals surface area contributed by atoms with Gasteiger partial charge in [0.25, 0.3) is 5.91 Å². The van der Waals surface area contributed by atoms with Crippen LogP contribution in [0, 0.1) is 0 Å². The number of benzene rings is 2. The second kappa shape index (κ2) is 8.73. The van der Waals surface area contributed by atoms with Gasteiger partial charge in [0.05, 0.1) is 26.9 Å². The van der Waals surface area contributed by atoms with Gasteiger partial charge in [-0.25, -0.2) is 0 Å². The molecule has 0 saturated carbocycles. The lowest BCUT2D eigenvalue weighted by molar-refractivity contribution is -0.138. The zero-order valence-corrected chi connectivity index (χ0v) is 15.6. The molecule has 0 spiro atoms. The summed E-state index contributed by atoms with van der Waals surface area (Å²) in [5.74, 6) is 0.468. The maximum atomic E-state index is 12.5. The molecule has 1 aliphatic rings. The van der Waals surface area contributed by atoms with Crippen LogP contribution in [0.15, 0.2) is 42.5 Å². The van der Waals surface area contributed by atoms with E-state index < -0.39 is 12.1 Å². The van der Waals surface area contributed by atoms with Crippen molar-refractivity contribution in [3.8, 4) is 11.5 Å². The number of rotatable bonds is 6. The average Bonchev–Trinajstić information content (AvgIpc) is 2.73. The van der Waals surface area contributed by atoms with Crippen molar-refractivity contribution < 1.29 is 28.9 Å². The molecule has 2 atom stereocenters. The van der Waals surface area contributed by atoms with Gasteiger partial charge in [-0.1, -0.05) is 12.1 Å². The van der Waals surface area contributed by atoms with Crippen LogP contribution in [0.5, 0.6) is 11.5 Å². The number of hydrogen-bond acceptors (Lipinski definition) is 6. The molecule has 1 fully saturated rings. The molecule has 0 aromatic heterocycles. The van der Waals surface area contributed by atoms with Crippen LogP contribution >= 0.6 is 0 Å². The Hall–Kier alpha value is -3.10. The van der Waals surface area contributed by atoms with Gasteiger partial charge in [-0.3, -0.25) is 9.59 Å². The third-order valence-corrected chi connectivity index (χ3v) is 4.45. The molecule has 2 aromatic carbocycles. The van der Waals surface area contributed by atoms with Crippen molar-refractivity contribution in [2.45, 2.75) is 12.1 Å². The molecule has 2 aromatic rings. The summed E-state index contributed by atoms with van der Waals surface area (Å²) in [6.45, 7) is -0.285. The summed E-state index contributed by atoms with van der Waals surface area (Å²) in [5, 5.41) is 15.0. The first kappa shape index (κ1) is 19.7. The number of anilines is 1. The molecule has 148 valence electrons. The first-order chi connectivity index (χ1) is 13.5. The molecule has 2 amide bonds. The van der Waals surface area contributed by atoms with E-state index in [0.717, 1.165) is 5.56 Å². The van der Waals surface area contributed by atoms with Crippen molar-refractivity contribution in [2.75, 3.05) is 32.8 Å². The van der Waals surface area contributed by atoms with Crippen LogP contribution < -0.4 is 20.1 Å². The van der Waals surface area contributed by atoms with E-state index >= 15 is 0 Å². The van der Waals surface area contributed by atoms with E-state index in [9.17, 15) is 14.7 Å². The highest BCUT2D eigenvalue weighted by Gasteiger charge is 2.30. The number of methoxy groups -OCH3 is 2. The molecule has 8 nitrogen and oxygen atoms in total. The number of carbonyl (C=O) groups is 2. The number of aliphatic hydroxyl groups is 1. The number of carbonyl (C=O) groups excluding carboxylic acids is 2. The largest absolute Gasteiger partial charge is 0.493 e. The first-order valence-corrected chi connectivity index (χ1v) is 8.71. The van der Waals surface area contributed by atoms with Gasteiger partial charge in [0.2, 0.25) is 5.91 Å². The monoisotopic (exact) mass is 386 g/mol. The fourth-order valence-corrected chi connectivity index (χ4v) is 3.01. The summed E-state index contributed by atoms with van der Waals surface area (Å²) in [6, 6.07) is 11.5. The van der Waals surface area contributed by atoms with E-state index in [-0.39, 0.29) is 25.0 Å². The molecule has 1 heterocycles. The van der Waals surface area contributed by atoms with E-state index in [4.69, 9.17) is 14.2 Å². The van der Waals surface area contributed by atoms with Crippen molar-refractivity contribution >= 4 is 17.5 Å². The third kappa shape index (κ3) is 4.24. The SMILES string of the molecule is COc1ccc(C(=O)Nc2ccc(C3OCC(=O)NC3CO)cc2)cc1OC. The highest BCUT2D eigenvalue weighted by atomic mass is 16.5. The van der Waals surface area contributed by atoms with E-state index in [1.165, 1.54) is 14.2 Å². The lowest BCUT2D eigenvalue weighted by Gasteiger charge is -2.31. The molecular formula is C20H22N2O6. The third-order valence-electron chi connectivity index (χ3n) is 4.45. The normalized spacial score (nSPS) is 18.9. The fraction of sp³-hybridized carbons (Fsp3) is 0.300. The lowest BCUT2D eigenvalue weighted by atomic mass is 10.0. The molecule has 3 rings (SSSR count). The molecule has 0 bridgehead atoms. The minimum Gasteiger partial charge on any atom is -0.493 e. The van der Waals surface area contributed by atoms with Crippen LogP contribution in [0.1, 0.15) is 22.0 Å². The predicted octanol–water partition coefficient (Wildman–Crippen LogP) is 1.50. The molecule has 0 radical (unpaired) electrons. The van der Waals surface area contributed by atoms with Crippen LogP contribution in [-0.4, -0.2) is 50.4 Å². The van der Waals surface area contributed by atoms with E-state index in [2.05, 4.69) is 10.6 Å². The standard InChI is InChI=1S/C20H22N2O6/c1-26-16-8-5-13(9-17(16)27-2)20(25)21-14-6-3-12(4-7-14)19-15(10-23)22-18(24)11-28-19/h3-9,15,19,23H,10-11H2,1-2H3,(H,21,25)(H,22,24). The summed E-state index contributed by atoms with van der Waals surface area (Å²) in [5.41, 5.74) is 1.83. The van der Waals surface area contributed by atoms with Crippen molar-refractivity contribution in [1.82, 2.24) is 5.32 Å². The maximum Gasteiger partial charge on any atom is 0.255 e. The number of nitrogens with one attached hydrogen (secondary N) is 2. The Morgan fingerprint density at radius 1 is 1.18 bits per heavy atom. The van der Waals surface area contributed by atoms with Gasteiger partial charge in [0.1, 0.15) is 12.7 Å². The molecule has 8 heteroatoms. The Morgan fingerprint density at radius 2 is 1.89 bits per heavy atom. The smallest absolute Gasteiger partial charge is 0.255 e. The topological polar surface area (TPSA) is 106 Å². The highest BCUT2D eigenvalue weighted by Crippen LogP contribution is 2.28. The Balaban J connectivity index is 1.70. The van der Waals surface area contributed by atoms with Gasteiger partial charge < -0.3 is 30.0 Å². The summed E-state index contributed by atoms with van der Waals surface area (Å²) in [6.07, 6.45) is -0.446. The molecule has 1 saturated heterocycles. The van der Waals surface area contributed by atoms with Crippen LogP contribution in [0.3, 0.4) is 0 Å². The number of morpholine rings is 1. The first-order valence-electron chi connectivity index (χ1n) is 8.71. The second-order valence-corrected chi connectivity index (χ2v) is 6.23. The number of ether oxygens (including phenoxy) is 3. The summed E-state index contributed by atoms with van der Waals surface area (Å²) in [4.78, 5) is 23.9. The molecule has 2 unspecified atom stereocenters. The van der Waals surface area contributed by atoms with Crippen LogP contribution in [0.25, 0.3) is 0 Å². The average molecular weight is 386 g/mol. The summed E-state index contributed by atoms with van der Waals surface area (Å²) < 4.78 is 15.9. The van der Waals surface area contributed by atoms with Crippen molar-refractivity contribution in [2.24, 2.45) is 0 Å². The van der Waals surface area contributed by atoms with Crippen LogP contribution in [-0.2, 0) is 9.53 Å². The summed E-state index contributed by atoms with van der Waals surface area (Å²) >= 11 is 0. The molecule has 28 heavy (non-hydrogen) atoms. The van der Waals surface area contributed by atoms with E-state index in [1.807, 2.05) is 0 Å². The maximum absolute atomic E-state index is 12.5. The summed E-state index contributed by atoms with van der Waals surface area (Å²) in [7, 11) is 3.04. The Kier molecular flexibility index (Phi) is 6.13. The van der Waals surface area contributed by atoms with Gasteiger partial charge in [-0.05, 0) is 35.9 Å². The number of aliphatic hydroxyl groups excluding tert-OH is 1. The zero-order chi connectivity index (χ0) is 20.1. The van der Waals surface area contributed by atoms with Gasteiger partial charge in [-0.2, -0.15) is 0 Å². The molecule has 0 aliphatic carbocycles. The Bertz CT molecular complexity index is 852.